The van der Waals surface area contributed by atoms with Crippen LogP contribution in [-0.4, -0.2) is 9.49 Å². The minimum absolute atomic E-state index is 0.00740. The number of nitro groups is 1. The van der Waals surface area contributed by atoms with Crippen molar-refractivity contribution >= 4 is 16.6 Å². The number of aromatic nitrogens is 1. The number of non-ortho nitro benzene ring substituents is 1. The Morgan fingerprint density at radius 3 is 2.15 bits per heavy atom. The summed E-state index contributed by atoms with van der Waals surface area (Å²) in [7, 11) is 0. The Kier molecular flexibility index (Phi) is 3.82. The van der Waals surface area contributed by atoms with Gasteiger partial charge in [-0.2, -0.15) is 0 Å². The molecule has 0 aliphatic rings. The summed E-state index contributed by atoms with van der Waals surface area (Å²) in [5.74, 6) is 0. The standard InChI is InChI=1S/C21H14N2O3/c24-21-14-19(15-6-2-1-3-7-15)18-8-4-5-9-20(18)22(21)16-10-12-17(13-11-16)23(25)26/h1-14H. The van der Waals surface area contributed by atoms with E-state index >= 15 is 0 Å². The maximum Gasteiger partial charge on any atom is 0.269 e. The van der Waals surface area contributed by atoms with E-state index in [1.54, 1.807) is 22.8 Å². The van der Waals surface area contributed by atoms with Crippen LogP contribution in [0.4, 0.5) is 5.69 Å². The largest absolute Gasteiger partial charge is 0.277 e. The number of para-hydroxylation sites is 1. The van der Waals surface area contributed by atoms with E-state index in [-0.39, 0.29) is 11.2 Å². The van der Waals surface area contributed by atoms with Crippen LogP contribution in [0, 0.1) is 10.1 Å². The van der Waals surface area contributed by atoms with Crippen molar-refractivity contribution in [2.24, 2.45) is 0 Å². The van der Waals surface area contributed by atoms with E-state index in [4.69, 9.17) is 0 Å². The third-order valence-corrected chi connectivity index (χ3v) is 4.33. The maximum absolute atomic E-state index is 12.9. The molecular weight excluding hydrogens is 328 g/mol. The van der Waals surface area contributed by atoms with Crippen LogP contribution in [0.15, 0.2) is 89.7 Å². The molecule has 0 aliphatic heterocycles. The number of pyridine rings is 1. The molecule has 1 heterocycles. The highest BCUT2D eigenvalue weighted by molar-refractivity contribution is 5.95. The van der Waals surface area contributed by atoms with E-state index in [0.717, 1.165) is 22.0 Å². The number of hydrogen-bond acceptors (Lipinski definition) is 3. The Morgan fingerprint density at radius 1 is 0.808 bits per heavy atom. The van der Waals surface area contributed by atoms with Gasteiger partial charge in [0.25, 0.3) is 11.2 Å². The Bertz CT molecular complexity index is 1160. The second kappa shape index (κ2) is 6.29. The van der Waals surface area contributed by atoms with Crippen molar-refractivity contribution < 1.29 is 4.92 Å². The van der Waals surface area contributed by atoms with Crippen LogP contribution in [0.25, 0.3) is 27.7 Å². The molecular formula is C21H14N2O3. The van der Waals surface area contributed by atoms with Crippen LogP contribution in [0.3, 0.4) is 0 Å². The van der Waals surface area contributed by atoms with Crippen molar-refractivity contribution in [3.8, 4) is 16.8 Å². The number of hydrogen-bond donors (Lipinski definition) is 0. The molecule has 5 heteroatoms. The van der Waals surface area contributed by atoms with Gasteiger partial charge in [0.2, 0.25) is 0 Å². The molecule has 0 aliphatic carbocycles. The normalized spacial score (nSPS) is 10.8. The molecule has 1 aromatic heterocycles. The summed E-state index contributed by atoms with van der Waals surface area (Å²) < 4.78 is 1.57. The summed E-state index contributed by atoms with van der Waals surface area (Å²) in [6.07, 6.45) is 0. The zero-order chi connectivity index (χ0) is 18.1. The minimum atomic E-state index is -0.455. The fourth-order valence-corrected chi connectivity index (χ4v) is 3.13. The lowest BCUT2D eigenvalue weighted by atomic mass is 10.0. The number of fused-ring (bicyclic) bond motifs is 1. The molecule has 0 spiro atoms. The Balaban J connectivity index is 1.99. The molecule has 126 valence electrons. The molecule has 26 heavy (non-hydrogen) atoms. The van der Waals surface area contributed by atoms with Crippen molar-refractivity contribution in [2.45, 2.75) is 0 Å². The summed E-state index contributed by atoms with van der Waals surface area (Å²) in [4.78, 5) is 23.3. The second-order valence-electron chi connectivity index (χ2n) is 5.89. The Morgan fingerprint density at radius 2 is 1.46 bits per heavy atom. The van der Waals surface area contributed by atoms with Crippen molar-refractivity contribution in [1.29, 1.82) is 0 Å². The molecule has 0 N–H and O–H groups in total. The molecule has 4 rings (SSSR count). The first-order valence-corrected chi connectivity index (χ1v) is 8.10. The fourth-order valence-electron chi connectivity index (χ4n) is 3.13. The predicted molar refractivity (Wildman–Crippen MR) is 102 cm³/mol. The van der Waals surface area contributed by atoms with Gasteiger partial charge in [-0.25, -0.2) is 0 Å². The third-order valence-electron chi connectivity index (χ3n) is 4.33. The van der Waals surface area contributed by atoms with Gasteiger partial charge in [0.1, 0.15) is 0 Å². The lowest BCUT2D eigenvalue weighted by Gasteiger charge is -2.13. The molecule has 0 radical (unpaired) electrons. The number of benzene rings is 3. The molecule has 0 fully saturated rings. The monoisotopic (exact) mass is 342 g/mol. The lowest BCUT2D eigenvalue weighted by molar-refractivity contribution is -0.384. The summed E-state index contributed by atoms with van der Waals surface area (Å²) in [5.41, 5.74) is 2.99. The summed E-state index contributed by atoms with van der Waals surface area (Å²) in [6, 6.07) is 25.0. The maximum atomic E-state index is 12.9. The van der Waals surface area contributed by atoms with Crippen molar-refractivity contribution in [3.63, 3.8) is 0 Å². The van der Waals surface area contributed by atoms with Crippen molar-refractivity contribution in [1.82, 2.24) is 4.57 Å². The fraction of sp³-hybridized carbons (Fsp3) is 0. The van der Waals surface area contributed by atoms with Gasteiger partial charge < -0.3 is 0 Å². The van der Waals surface area contributed by atoms with Crippen LogP contribution in [0.5, 0.6) is 0 Å². The average molecular weight is 342 g/mol. The highest BCUT2D eigenvalue weighted by atomic mass is 16.6. The van der Waals surface area contributed by atoms with Gasteiger partial charge in [0.15, 0.2) is 0 Å². The van der Waals surface area contributed by atoms with Gasteiger partial charge in [-0.15, -0.1) is 0 Å². The first-order valence-electron chi connectivity index (χ1n) is 8.10. The first-order chi connectivity index (χ1) is 12.6. The van der Waals surface area contributed by atoms with Crippen molar-refractivity contribution in [3.05, 3.63) is 105 Å². The number of nitro benzene ring substituents is 1. The minimum Gasteiger partial charge on any atom is -0.277 e. The second-order valence-corrected chi connectivity index (χ2v) is 5.89. The van der Waals surface area contributed by atoms with Crippen LogP contribution in [0.2, 0.25) is 0 Å². The van der Waals surface area contributed by atoms with E-state index < -0.39 is 4.92 Å². The van der Waals surface area contributed by atoms with Crippen LogP contribution >= 0.6 is 0 Å². The quantitative estimate of drug-likeness (QED) is 0.405. The molecule has 0 atom stereocenters. The topological polar surface area (TPSA) is 65.1 Å². The highest BCUT2D eigenvalue weighted by Crippen LogP contribution is 2.28. The van der Waals surface area contributed by atoms with Crippen LogP contribution in [0.1, 0.15) is 0 Å². The van der Waals surface area contributed by atoms with Gasteiger partial charge >= 0.3 is 0 Å². The van der Waals surface area contributed by atoms with E-state index in [9.17, 15) is 14.9 Å². The van der Waals surface area contributed by atoms with Gasteiger partial charge in [-0.3, -0.25) is 19.5 Å². The third kappa shape index (κ3) is 2.65. The van der Waals surface area contributed by atoms with Crippen LogP contribution in [-0.2, 0) is 0 Å². The highest BCUT2D eigenvalue weighted by Gasteiger charge is 2.12. The summed E-state index contributed by atoms with van der Waals surface area (Å²) in [6.45, 7) is 0. The number of rotatable bonds is 3. The molecule has 3 aromatic carbocycles. The van der Waals surface area contributed by atoms with E-state index in [1.807, 2.05) is 54.6 Å². The predicted octanol–water partition coefficient (Wildman–Crippen LogP) is 4.57. The van der Waals surface area contributed by atoms with Crippen molar-refractivity contribution in [2.75, 3.05) is 0 Å². The van der Waals surface area contributed by atoms with E-state index in [1.165, 1.54) is 12.1 Å². The van der Waals surface area contributed by atoms with Gasteiger partial charge in [-0.1, -0.05) is 48.5 Å². The first kappa shape index (κ1) is 15.8. The molecule has 0 saturated carbocycles. The molecule has 0 saturated heterocycles. The SMILES string of the molecule is O=c1cc(-c2ccccc2)c2ccccc2n1-c1ccc([N+](=O)[O-])cc1. The van der Waals surface area contributed by atoms with Crippen LogP contribution < -0.4 is 5.56 Å². The molecule has 0 bridgehead atoms. The van der Waals surface area contributed by atoms with Gasteiger partial charge in [0.05, 0.1) is 10.4 Å². The molecule has 4 aromatic rings. The van der Waals surface area contributed by atoms with E-state index in [2.05, 4.69) is 0 Å². The smallest absolute Gasteiger partial charge is 0.269 e. The molecule has 0 unspecified atom stereocenters. The number of nitrogens with zero attached hydrogens (tertiary/aromatic N) is 2. The summed E-state index contributed by atoms with van der Waals surface area (Å²) in [5, 5.41) is 11.8. The zero-order valence-corrected chi connectivity index (χ0v) is 13.7. The molecule has 0 amide bonds. The molecule has 5 nitrogen and oxygen atoms in total. The lowest BCUT2D eigenvalue weighted by Crippen LogP contribution is -2.18. The zero-order valence-electron chi connectivity index (χ0n) is 13.7. The Labute approximate surface area is 148 Å². The van der Waals surface area contributed by atoms with Gasteiger partial charge in [0, 0.05) is 29.3 Å². The van der Waals surface area contributed by atoms with Gasteiger partial charge in [-0.05, 0) is 29.3 Å². The van der Waals surface area contributed by atoms with E-state index in [0.29, 0.717) is 5.69 Å². The Hall–Kier alpha value is -3.73. The average Bonchev–Trinajstić information content (AvgIpc) is 2.68. The summed E-state index contributed by atoms with van der Waals surface area (Å²) >= 11 is 0.